The molecule has 2 aliphatic rings. The SMILES string of the molecule is CCC(CC)(CC)O[C@H](O)N(C1CCCCC1)C1CCCCC1. The van der Waals surface area contributed by atoms with Crippen molar-refractivity contribution in [3.63, 3.8) is 0 Å². The minimum absolute atomic E-state index is 0.166. The van der Waals surface area contributed by atoms with E-state index in [-0.39, 0.29) is 5.60 Å². The number of hydrogen-bond donors (Lipinski definition) is 1. The van der Waals surface area contributed by atoms with E-state index in [1.54, 1.807) is 0 Å². The molecule has 0 amide bonds. The van der Waals surface area contributed by atoms with E-state index in [1.165, 1.54) is 64.2 Å². The number of aliphatic hydroxyl groups is 1. The Morgan fingerprint density at radius 3 is 1.57 bits per heavy atom. The first kappa shape index (κ1) is 19.2. The minimum atomic E-state index is -0.721. The summed E-state index contributed by atoms with van der Waals surface area (Å²) in [4.78, 5) is 2.38. The molecule has 0 spiro atoms. The molecule has 0 aromatic heterocycles. The molecular weight excluding hydrogens is 286 g/mol. The predicted octanol–water partition coefficient (Wildman–Crippen LogP) is 5.22. The number of hydrogen-bond acceptors (Lipinski definition) is 3. The van der Waals surface area contributed by atoms with Gasteiger partial charge in [-0.25, -0.2) is 4.90 Å². The second-order valence-corrected chi connectivity index (χ2v) is 7.72. The zero-order valence-electron chi connectivity index (χ0n) is 15.7. The molecule has 0 aliphatic heterocycles. The smallest absolute Gasteiger partial charge is 0.217 e. The lowest BCUT2D eigenvalue weighted by atomic mass is 9.89. The third-order valence-corrected chi connectivity index (χ3v) is 6.54. The van der Waals surface area contributed by atoms with Crippen LogP contribution in [0.5, 0.6) is 0 Å². The molecule has 23 heavy (non-hydrogen) atoms. The molecule has 0 unspecified atom stereocenters. The summed E-state index contributed by atoms with van der Waals surface area (Å²) in [6.07, 6.45) is 15.1. The lowest BCUT2D eigenvalue weighted by Crippen LogP contribution is -2.54. The average molecular weight is 326 g/mol. The van der Waals surface area contributed by atoms with Crippen LogP contribution in [0.2, 0.25) is 0 Å². The molecule has 0 radical (unpaired) electrons. The summed E-state index contributed by atoms with van der Waals surface area (Å²) >= 11 is 0. The van der Waals surface area contributed by atoms with Crippen molar-refractivity contribution in [3.8, 4) is 0 Å². The molecule has 0 aromatic rings. The van der Waals surface area contributed by atoms with Gasteiger partial charge in [0.15, 0.2) is 0 Å². The Labute approximate surface area is 143 Å². The standard InChI is InChI=1S/C20H39NO2/c1-4-20(5-2,6-3)23-19(22)21(17-13-9-7-10-14-17)18-15-11-8-12-16-18/h17-19,22H,4-16H2,1-3H3/t19-/m0/s1. The van der Waals surface area contributed by atoms with Gasteiger partial charge in [-0.2, -0.15) is 0 Å². The van der Waals surface area contributed by atoms with Crippen LogP contribution in [0.3, 0.4) is 0 Å². The van der Waals surface area contributed by atoms with Crippen LogP contribution in [0.25, 0.3) is 0 Å². The van der Waals surface area contributed by atoms with E-state index in [0.29, 0.717) is 12.1 Å². The Bertz CT molecular complexity index is 291. The van der Waals surface area contributed by atoms with E-state index >= 15 is 0 Å². The van der Waals surface area contributed by atoms with Gasteiger partial charge in [0.2, 0.25) is 6.41 Å². The molecule has 0 aromatic carbocycles. The third kappa shape index (κ3) is 4.93. The van der Waals surface area contributed by atoms with Crippen molar-refractivity contribution in [2.24, 2.45) is 0 Å². The fourth-order valence-corrected chi connectivity index (χ4v) is 4.70. The molecule has 2 fully saturated rings. The maximum absolute atomic E-state index is 11.0. The molecule has 2 aliphatic carbocycles. The van der Waals surface area contributed by atoms with E-state index in [0.717, 1.165) is 19.3 Å². The highest BCUT2D eigenvalue weighted by molar-refractivity contribution is 4.85. The number of nitrogens with zero attached hydrogens (tertiary/aromatic N) is 1. The summed E-state index contributed by atoms with van der Waals surface area (Å²) in [6, 6.07) is 1.04. The second-order valence-electron chi connectivity index (χ2n) is 7.72. The number of rotatable bonds is 8. The summed E-state index contributed by atoms with van der Waals surface area (Å²) in [5.41, 5.74) is -0.166. The first-order valence-corrected chi connectivity index (χ1v) is 10.3. The van der Waals surface area contributed by atoms with Crippen molar-refractivity contribution in [1.29, 1.82) is 0 Å². The first-order chi connectivity index (χ1) is 11.2. The molecule has 1 N–H and O–H groups in total. The molecule has 136 valence electrons. The fourth-order valence-electron chi connectivity index (χ4n) is 4.70. The van der Waals surface area contributed by atoms with Gasteiger partial charge in [-0.15, -0.1) is 0 Å². The van der Waals surface area contributed by atoms with E-state index in [9.17, 15) is 5.11 Å². The van der Waals surface area contributed by atoms with Crippen LogP contribution in [0.4, 0.5) is 0 Å². The second kappa shape index (κ2) is 9.39. The van der Waals surface area contributed by atoms with Crippen LogP contribution in [0.15, 0.2) is 0 Å². The van der Waals surface area contributed by atoms with Crippen molar-refractivity contribution >= 4 is 0 Å². The fraction of sp³-hybridized carbons (Fsp3) is 1.00. The summed E-state index contributed by atoms with van der Waals surface area (Å²) in [5.74, 6) is 0. The van der Waals surface area contributed by atoms with E-state index < -0.39 is 6.41 Å². The first-order valence-electron chi connectivity index (χ1n) is 10.3. The minimum Gasteiger partial charge on any atom is -0.356 e. The maximum atomic E-state index is 11.0. The van der Waals surface area contributed by atoms with Gasteiger partial charge in [-0.3, -0.25) is 0 Å². The quantitative estimate of drug-likeness (QED) is 0.621. The molecular formula is C20H39NO2. The van der Waals surface area contributed by atoms with Crippen molar-refractivity contribution in [2.45, 2.75) is 128 Å². The van der Waals surface area contributed by atoms with Gasteiger partial charge >= 0.3 is 0 Å². The lowest BCUT2D eigenvalue weighted by Gasteiger charge is -2.46. The molecule has 3 heteroatoms. The molecule has 0 heterocycles. The van der Waals surface area contributed by atoms with Gasteiger partial charge in [-0.05, 0) is 44.9 Å². The van der Waals surface area contributed by atoms with Crippen molar-refractivity contribution in [1.82, 2.24) is 4.90 Å². The van der Waals surface area contributed by atoms with Crippen LogP contribution in [-0.2, 0) is 4.74 Å². The summed E-state index contributed by atoms with van der Waals surface area (Å²) in [5, 5.41) is 11.0. The maximum Gasteiger partial charge on any atom is 0.217 e. The monoisotopic (exact) mass is 325 g/mol. The highest BCUT2D eigenvalue weighted by Crippen LogP contribution is 2.34. The largest absolute Gasteiger partial charge is 0.356 e. The normalized spacial score (nSPS) is 23.3. The van der Waals surface area contributed by atoms with Crippen LogP contribution < -0.4 is 0 Å². The Hall–Kier alpha value is -0.120. The van der Waals surface area contributed by atoms with Crippen molar-refractivity contribution in [2.75, 3.05) is 0 Å². The van der Waals surface area contributed by atoms with Crippen molar-refractivity contribution in [3.05, 3.63) is 0 Å². The van der Waals surface area contributed by atoms with E-state index in [2.05, 4.69) is 25.7 Å². The number of aliphatic hydroxyl groups excluding tert-OH is 1. The van der Waals surface area contributed by atoms with Gasteiger partial charge in [0.05, 0.1) is 5.60 Å². The zero-order valence-corrected chi connectivity index (χ0v) is 15.7. The van der Waals surface area contributed by atoms with Gasteiger partial charge in [-0.1, -0.05) is 59.3 Å². The molecule has 0 bridgehead atoms. The Morgan fingerprint density at radius 1 is 0.826 bits per heavy atom. The Morgan fingerprint density at radius 2 is 1.22 bits per heavy atom. The van der Waals surface area contributed by atoms with E-state index in [4.69, 9.17) is 4.74 Å². The van der Waals surface area contributed by atoms with Crippen LogP contribution in [0.1, 0.15) is 104 Å². The molecule has 0 saturated heterocycles. The predicted molar refractivity (Wildman–Crippen MR) is 96.3 cm³/mol. The van der Waals surface area contributed by atoms with Gasteiger partial charge in [0.1, 0.15) is 0 Å². The van der Waals surface area contributed by atoms with Gasteiger partial charge < -0.3 is 9.84 Å². The van der Waals surface area contributed by atoms with Crippen LogP contribution in [0, 0.1) is 0 Å². The van der Waals surface area contributed by atoms with Gasteiger partial charge in [0, 0.05) is 12.1 Å². The zero-order chi connectivity index (χ0) is 16.7. The Kier molecular flexibility index (Phi) is 7.84. The highest BCUT2D eigenvalue weighted by Gasteiger charge is 2.37. The molecule has 1 atom stereocenters. The summed E-state index contributed by atoms with van der Waals surface area (Å²) < 4.78 is 6.34. The summed E-state index contributed by atoms with van der Waals surface area (Å²) in [6.45, 7) is 6.56. The number of ether oxygens (including phenoxy) is 1. The molecule has 2 rings (SSSR count). The topological polar surface area (TPSA) is 32.7 Å². The summed E-state index contributed by atoms with van der Waals surface area (Å²) in [7, 11) is 0. The Balaban J connectivity index is 2.10. The third-order valence-electron chi connectivity index (χ3n) is 6.54. The van der Waals surface area contributed by atoms with Crippen molar-refractivity contribution < 1.29 is 9.84 Å². The van der Waals surface area contributed by atoms with E-state index in [1.807, 2.05) is 0 Å². The highest BCUT2D eigenvalue weighted by atomic mass is 16.6. The molecule has 2 saturated carbocycles. The molecule has 3 nitrogen and oxygen atoms in total. The average Bonchev–Trinajstić information content (AvgIpc) is 2.62. The van der Waals surface area contributed by atoms with Gasteiger partial charge in [0.25, 0.3) is 0 Å². The van der Waals surface area contributed by atoms with Crippen LogP contribution in [-0.4, -0.2) is 34.1 Å². The lowest BCUT2D eigenvalue weighted by molar-refractivity contribution is -0.276. The van der Waals surface area contributed by atoms with Crippen LogP contribution >= 0.6 is 0 Å².